The van der Waals surface area contributed by atoms with Crippen molar-refractivity contribution >= 4 is 21.8 Å². The number of hydrogen-bond acceptors (Lipinski definition) is 7. The van der Waals surface area contributed by atoms with Gasteiger partial charge in [-0.15, -0.1) is 13.2 Å². The van der Waals surface area contributed by atoms with Crippen LogP contribution in [-0.4, -0.2) is 74.2 Å². The van der Waals surface area contributed by atoms with E-state index in [0.717, 1.165) is 29.5 Å². The fourth-order valence-corrected chi connectivity index (χ4v) is 4.17. The van der Waals surface area contributed by atoms with Gasteiger partial charge in [0, 0.05) is 32.4 Å². The number of carbonyl (C=O) groups is 2. The van der Waals surface area contributed by atoms with E-state index in [9.17, 15) is 31.2 Å². The van der Waals surface area contributed by atoms with Crippen molar-refractivity contribution in [3.05, 3.63) is 59.4 Å². The molecule has 2 N–H and O–H groups in total. The molecule has 0 fully saturated rings. The number of nitrogens with two attached hydrogens (primary N) is 1. The van der Waals surface area contributed by atoms with Crippen LogP contribution >= 0.6 is 0 Å². The SMILES string of the molecule is NS(=O)(=O)c1ccc(C(=O)N2CC3=C(CN(C(=O)COc4ccc(OC(F)(F)F)cc4)C3)C2)nc1. The molecular weight excluding hydrogens is 493 g/mol. The number of pyridine rings is 1. The van der Waals surface area contributed by atoms with Crippen molar-refractivity contribution in [1.82, 2.24) is 14.8 Å². The number of nitrogens with zero attached hydrogens (tertiary/aromatic N) is 3. The fraction of sp³-hybridized carbons (Fsp3) is 0.286. The molecule has 2 aromatic rings. The van der Waals surface area contributed by atoms with Gasteiger partial charge in [-0.3, -0.25) is 9.59 Å². The van der Waals surface area contributed by atoms with Crippen LogP contribution in [0.3, 0.4) is 0 Å². The number of halogens is 3. The molecule has 2 amide bonds. The van der Waals surface area contributed by atoms with E-state index in [4.69, 9.17) is 9.88 Å². The van der Waals surface area contributed by atoms with Crippen LogP contribution in [0.1, 0.15) is 10.5 Å². The monoisotopic (exact) mass is 512 g/mol. The van der Waals surface area contributed by atoms with Crippen molar-refractivity contribution in [3.63, 3.8) is 0 Å². The lowest BCUT2D eigenvalue weighted by Crippen LogP contribution is -2.38. The Hall–Kier alpha value is -3.65. The second-order valence-corrected chi connectivity index (χ2v) is 9.41. The molecule has 2 aliphatic rings. The number of ether oxygens (including phenoxy) is 2. The molecule has 0 bridgehead atoms. The Morgan fingerprint density at radius 2 is 1.51 bits per heavy atom. The van der Waals surface area contributed by atoms with Crippen LogP contribution in [0.5, 0.6) is 11.5 Å². The van der Waals surface area contributed by atoms with Crippen LogP contribution < -0.4 is 14.6 Å². The molecule has 0 atom stereocenters. The van der Waals surface area contributed by atoms with Gasteiger partial charge in [0.1, 0.15) is 22.1 Å². The van der Waals surface area contributed by atoms with E-state index in [0.29, 0.717) is 26.2 Å². The molecule has 4 rings (SSSR count). The highest BCUT2D eigenvalue weighted by Crippen LogP contribution is 2.27. The quantitative estimate of drug-likeness (QED) is 0.577. The lowest BCUT2D eigenvalue weighted by atomic mass is 10.2. The highest BCUT2D eigenvalue weighted by atomic mass is 32.2. The molecule has 2 aliphatic heterocycles. The van der Waals surface area contributed by atoms with Crippen molar-refractivity contribution in [2.75, 3.05) is 32.8 Å². The zero-order chi connectivity index (χ0) is 25.4. The van der Waals surface area contributed by atoms with Crippen LogP contribution in [0.2, 0.25) is 0 Å². The van der Waals surface area contributed by atoms with E-state index in [1.54, 1.807) is 9.80 Å². The first-order valence-electron chi connectivity index (χ1n) is 10.1. The average Bonchev–Trinajstić information content (AvgIpc) is 3.36. The van der Waals surface area contributed by atoms with Crippen molar-refractivity contribution in [2.24, 2.45) is 5.14 Å². The number of rotatable bonds is 6. The number of alkyl halides is 3. The molecule has 1 aromatic heterocycles. The van der Waals surface area contributed by atoms with Gasteiger partial charge in [-0.2, -0.15) is 0 Å². The summed E-state index contributed by atoms with van der Waals surface area (Å²) in [6.45, 7) is 0.939. The van der Waals surface area contributed by atoms with Crippen LogP contribution in [-0.2, 0) is 14.8 Å². The van der Waals surface area contributed by atoms with Gasteiger partial charge >= 0.3 is 6.36 Å². The Morgan fingerprint density at radius 3 is 2.03 bits per heavy atom. The lowest BCUT2D eigenvalue weighted by Gasteiger charge is -2.23. The number of primary sulfonamides is 1. The molecule has 0 saturated carbocycles. The van der Waals surface area contributed by atoms with Gasteiger partial charge in [-0.25, -0.2) is 18.5 Å². The highest BCUT2D eigenvalue weighted by molar-refractivity contribution is 7.89. The van der Waals surface area contributed by atoms with E-state index >= 15 is 0 Å². The Labute approximate surface area is 197 Å². The second kappa shape index (κ2) is 9.19. The number of hydrogen-bond donors (Lipinski definition) is 1. The van der Waals surface area contributed by atoms with Gasteiger partial charge in [0.05, 0.1) is 0 Å². The Bertz CT molecular complexity index is 1260. The van der Waals surface area contributed by atoms with Crippen molar-refractivity contribution in [2.45, 2.75) is 11.3 Å². The highest BCUT2D eigenvalue weighted by Gasteiger charge is 2.35. The third kappa shape index (κ3) is 5.89. The third-order valence-corrected chi connectivity index (χ3v) is 6.27. The minimum absolute atomic E-state index is 0.0755. The van der Waals surface area contributed by atoms with Crippen LogP contribution in [0.4, 0.5) is 13.2 Å². The molecule has 0 aliphatic carbocycles. The largest absolute Gasteiger partial charge is 0.573 e. The first-order valence-corrected chi connectivity index (χ1v) is 11.7. The summed E-state index contributed by atoms with van der Waals surface area (Å²) in [5, 5.41) is 5.03. The summed E-state index contributed by atoms with van der Waals surface area (Å²) >= 11 is 0. The van der Waals surface area contributed by atoms with Crippen molar-refractivity contribution in [1.29, 1.82) is 0 Å². The molecule has 0 unspecified atom stereocenters. The summed E-state index contributed by atoms with van der Waals surface area (Å²) < 4.78 is 68.5. The summed E-state index contributed by atoms with van der Waals surface area (Å²) in [6.07, 6.45) is -3.77. The maximum Gasteiger partial charge on any atom is 0.573 e. The van der Waals surface area contributed by atoms with E-state index < -0.39 is 22.1 Å². The molecule has 0 radical (unpaired) electrons. The van der Waals surface area contributed by atoms with Crippen molar-refractivity contribution in [3.8, 4) is 11.5 Å². The molecule has 186 valence electrons. The van der Waals surface area contributed by atoms with E-state index in [1.807, 2.05) is 0 Å². The molecule has 3 heterocycles. The minimum Gasteiger partial charge on any atom is -0.484 e. The first-order chi connectivity index (χ1) is 16.4. The molecule has 0 saturated heterocycles. The number of carbonyl (C=O) groups excluding carboxylic acids is 2. The van der Waals surface area contributed by atoms with Crippen LogP contribution in [0.15, 0.2) is 58.6 Å². The maximum absolute atomic E-state index is 12.7. The van der Waals surface area contributed by atoms with Gasteiger partial charge in [0.15, 0.2) is 6.61 Å². The average molecular weight is 512 g/mol. The normalized spacial score (nSPS) is 15.9. The standard InChI is InChI=1S/C21H19F3N4O6S/c22-21(23,24)34-16-3-1-15(2-4-16)33-12-19(29)27-8-13-10-28(11-14(13)9-27)20(30)18-6-5-17(7-26-18)35(25,31)32/h1-7H,8-12H2,(H2,25,31,32). The first kappa shape index (κ1) is 24.5. The lowest BCUT2D eigenvalue weighted by molar-refractivity contribution is -0.274. The summed E-state index contributed by atoms with van der Waals surface area (Å²) in [5.41, 5.74) is 1.91. The van der Waals surface area contributed by atoms with Gasteiger partial charge in [0.25, 0.3) is 11.8 Å². The van der Waals surface area contributed by atoms with Gasteiger partial charge < -0.3 is 19.3 Å². The Balaban J connectivity index is 1.26. The third-order valence-electron chi connectivity index (χ3n) is 5.37. The van der Waals surface area contributed by atoms with E-state index in [-0.39, 0.29) is 34.8 Å². The van der Waals surface area contributed by atoms with Crippen LogP contribution in [0, 0.1) is 0 Å². The molecule has 35 heavy (non-hydrogen) atoms. The topological polar surface area (TPSA) is 132 Å². The van der Waals surface area contributed by atoms with Gasteiger partial charge in [-0.05, 0) is 47.5 Å². The summed E-state index contributed by atoms with van der Waals surface area (Å²) in [5.74, 6) is -0.871. The Kier molecular flexibility index (Phi) is 6.42. The zero-order valence-corrected chi connectivity index (χ0v) is 18.8. The zero-order valence-electron chi connectivity index (χ0n) is 18.0. The van der Waals surface area contributed by atoms with Gasteiger partial charge in [0.2, 0.25) is 10.0 Å². The molecule has 14 heteroatoms. The Morgan fingerprint density at radius 1 is 0.943 bits per heavy atom. The number of sulfonamides is 1. The van der Waals surface area contributed by atoms with E-state index in [1.165, 1.54) is 24.3 Å². The second-order valence-electron chi connectivity index (χ2n) is 7.85. The molecule has 1 aromatic carbocycles. The summed E-state index contributed by atoms with van der Waals surface area (Å²) in [6, 6.07) is 7.21. The van der Waals surface area contributed by atoms with Crippen molar-refractivity contribution < 1.29 is 40.7 Å². The predicted molar refractivity (Wildman–Crippen MR) is 114 cm³/mol. The maximum atomic E-state index is 12.7. The molecule has 10 nitrogen and oxygen atoms in total. The van der Waals surface area contributed by atoms with Crippen LogP contribution in [0.25, 0.3) is 0 Å². The summed E-state index contributed by atoms with van der Waals surface area (Å²) in [4.78, 5) is 32.0. The summed E-state index contributed by atoms with van der Waals surface area (Å²) in [7, 11) is -3.91. The predicted octanol–water partition coefficient (Wildman–Crippen LogP) is 1.30. The number of benzene rings is 1. The fourth-order valence-electron chi connectivity index (χ4n) is 3.71. The molecular formula is C21H19F3N4O6S. The number of amides is 2. The smallest absolute Gasteiger partial charge is 0.484 e. The molecule has 0 spiro atoms. The number of aromatic nitrogens is 1. The van der Waals surface area contributed by atoms with Gasteiger partial charge in [-0.1, -0.05) is 0 Å². The van der Waals surface area contributed by atoms with E-state index in [2.05, 4.69) is 9.72 Å². The minimum atomic E-state index is -4.80.